The number of nitrogens with zero attached hydrogens (tertiary/aromatic N) is 2. The molecule has 1 heterocycles. The summed E-state index contributed by atoms with van der Waals surface area (Å²) in [6.45, 7) is 3.62. The molecule has 0 unspecified atom stereocenters. The third-order valence-corrected chi connectivity index (χ3v) is 5.03. The smallest absolute Gasteiger partial charge is 0.359 e. The van der Waals surface area contributed by atoms with Crippen LogP contribution in [0.2, 0.25) is 0 Å². The lowest BCUT2D eigenvalue weighted by Gasteiger charge is -2.37. The fourth-order valence-corrected chi connectivity index (χ4v) is 3.81. The van der Waals surface area contributed by atoms with Gasteiger partial charge in [-0.2, -0.15) is 5.10 Å². The van der Waals surface area contributed by atoms with Gasteiger partial charge in [0, 0.05) is 17.5 Å². The average molecular weight is 371 g/mol. The average Bonchev–Trinajstić information content (AvgIpc) is 2.67. The standard InChI is InChI=1S/C20H25N3O4/c1-13(2)23(14-8-4-3-5-9-14)17(24)12-27-20(26)18-15-10-6-7-11-16(15)19(25)22-21-18/h6-7,10-11,13-14H,3-5,8-9,12H2,1-2H3,(H,22,25). The first kappa shape index (κ1) is 19.1. The number of hydrogen-bond acceptors (Lipinski definition) is 5. The van der Waals surface area contributed by atoms with Crippen molar-refractivity contribution < 1.29 is 14.3 Å². The number of rotatable bonds is 5. The molecule has 1 aromatic heterocycles. The van der Waals surface area contributed by atoms with Gasteiger partial charge in [-0.15, -0.1) is 0 Å². The van der Waals surface area contributed by atoms with Crippen molar-refractivity contribution >= 4 is 22.6 Å². The Labute approximate surface area is 157 Å². The second-order valence-corrected chi connectivity index (χ2v) is 7.21. The van der Waals surface area contributed by atoms with E-state index < -0.39 is 5.97 Å². The number of aromatic nitrogens is 2. The van der Waals surface area contributed by atoms with Crippen molar-refractivity contribution in [2.75, 3.05) is 6.61 Å². The van der Waals surface area contributed by atoms with Crippen molar-refractivity contribution in [3.63, 3.8) is 0 Å². The van der Waals surface area contributed by atoms with Gasteiger partial charge in [0.25, 0.3) is 11.5 Å². The van der Waals surface area contributed by atoms with E-state index >= 15 is 0 Å². The highest BCUT2D eigenvalue weighted by molar-refractivity contribution is 6.02. The molecular formula is C20H25N3O4. The van der Waals surface area contributed by atoms with Crippen LogP contribution >= 0.6 is 0 Å². The normalized spacial score (nSPS) is 15.1. The second kappa shape index (κ2) is 8.33. The molecule has 0 bridgehead atoms. The number of amides is 1. The molecule has 2 aromatic rings. The van der Waals surface area contributed by atoms with Crippen molar-refractivity contribution in [2.24, 2.45) is 0 Å². The van der Waals surface area contributed by atoms with E-state index in [9.17, 15) is 14.4 Å². The van der Waals surface area contributed by atoms with E-state index in [1.54, 1.807) is 24.3 Å². The zero-order valence-corrected chi connectivity index (χ0v) is 15.7. The molecule has 0 atom stereocenters. The molecule has 0 radical (unpaired) electrons. The lowest BCUT2D eigenvalue weighted by Crippen LogP contribution is -2.47. The van der Waals surface area contributed by atoms with Crippen molar-refractivity contribution in [1.82, 2.24) is 15.1 Å². The monoisotopic (exact) mass is 371 g/mol. The maximum absolute atomic E-state index is 12.7. The largest absolute Gasteiger partial charge is 0.451 e. The molecule has 1 amide bonds. The van der Waals surface area contributed by atoms with Crippen molar-refractivity contribution in [3.8, 4) is 0 Å². The van der Waals surface area contributed by atoms with E-state index in [4.69, 9.17) is 4.74 Å². The van der Waals surface area contributed by atoms with Crippen LogP contribution in [0.4, 0.5) is 0 Å². The Morgan fingerprint density at radius 3 is 2.52 bits per heavy atom. The molecule has 144 valence electrons. The molecular weight excluding hydrogens is 346 g/mol. The third kappa shape index (κ3) is 4.18. The molecule has 0 spiro atoms. The highest BCUT2D eigenvalue weighted by Gasteiger charge is 2.28. The number of carbonyl (C=O) groups is 2. The van der Waals surface area contributed by atoms with E-state index in [0.717, 1.165) is 25.7 Å². The van der Waals surface area contributed by atoms with Gasteiger partial charge in [0.2, 0.25) is 0 Å². The lowest BCUT2D eigenvalue weighted by atomic mass is 9.93. The van der Waals surface area contributed by atoms with Crippen LogP contribution in [-0.4, -0.2) is 45.7 Å². The van der Waals surface area contributed by atoms with Crippen LogP contribution in [0, 0.1) is 0 Å². The third-order valence-electron chi connectivity index (χ3n) is 5.03. The van der Waals surface area contributed by atoms with E-state index in [1.807, 2.05) is 18.7 Å². The molecule has 0 aliphatic heterocycles. The molecule has 1 aliphatic carbocycles. The molecule has 7 heteroatoms. The number of H-pyrrole nitrogens is 1. The number of ether oxygens (including phenoxy) is 1. The van der Waals surface area contributed by atoms with E-state index in [-0.39, 0.29) is 35.9 Å². The first-order valence-electron chi connectivity index (χ1n) is 9.44. The van der Waals surface area contributed by atoms with Gasteiger partial charge in [-0.1, -0.05) is 37.5 Å². The molecule has 1 aromatic carbocycles. The SMILES string of the molecule is CC(C)N(C(=O)COC(=O)c1n[nH]c(=O)c2ccccc12)C1CCCCC1. The molecule has 1 N–H and O–H groups in total. The zero-order valence-electron chi connectivity index (χ0n) is 15.7. The van der Waals surface area contributed by atoms with Crippen molar-refractivity contribution in [2.45, 2.75) is 58.0 Å². The number of carbonyl (C=O) groups excluding carboxylic acids is 2. The van der Waals surface area contributed by atoms with E-state index in [1.165, 1.54) is 6.42 Å². The second-order valence-electron chi connectivity index (χ2n) is 7.21. The van der Waals surface area contributed by atoms with Gasteiger partial charge >= 0.3 is 5.97 Å². The van der Waals surface area contributed by atoms with Gasteiger partial charge in [-0.3, -0.25) is 9.59 Å². The van der Waals surface area contributed by atoms with Crippen LogP contribution in [0.3, 0.4) is 0 Å². The van der Waals surface area contributed by atoms with Gasteiger partial charge in [-0.05, 0) is 32.8 Å². The maximum Gasteiger partial charge on any atom is 0.359 e. The zero-order chi connectivity index (χ0) is 19.4. The van der Waals surface area contributed by atoms with Crippen molar-refractivity contribution in [3.05, 3.63) is 40.3 Å². The molecule has 1 saturated carbocycles. The maximum atomic E-state index is 12.7. The quantitative estimate of drug-likeness (QED) is 0.816. The predicted octanol–water partition coefficient (Wildman–Crippen LogP) is 2.65. The lowest BCUT2D eigenvalue weighted by molar-refractivity contribution is -0.139. The number of nitrogens with one attached hydrogen (secondary N) is 1. The summed E-state index contributed by atoms with van der Waals surface area (Å²) in [5.41, 5.74) is -0.367. The van der Waals surface area contributed by atoms with Gasteiger partial charge in [-0.25, -0.2) is 9.89 Å². The Hall–Kier alpha value is -2.70. The van der Waals surface area contributed by atoms with Gasteiger partial charge in [0.1, 0.15) is 0 Å². The highest BCUT2D eigenvalue weighted by atomic mass is 16.5. The summed E-state index contributed by atoms with van der Waals surface area (Å²) in [4.78, 5) is 38.8. The van der Waals surface area contributed by atoms with Crippen molar-refractivity contribution in [1.29, 1.82) is 0 Å². The van der Waals surface area contributed by atoms with E-state index in [0.29, 0.717) is 10.8 Å². The number of benzene rings is 1. The van der Waals surface area contributed by atoms with E-state index in [2.05, 4.69) is 10.2 Å². The Kier molecular flexibility index (Phi) is 5.88. The minimum atomic E-state index is -0.719. The minimum Gasteiger partial charge on any atom is -0.451 e. The molecule has 3 rings (SSSR count). The Balaban J connectivity index is 1.72. The fourth-order valence-electron chi connectivity index (χ4n) is 3.81. The first-order valence-corrected chi connectivity index (χ1v) is 9.44. The van der Waals surface area contributed by atoms with Crippen LogP contribution < -0.4 is 5.56 Å². The van der Waals surface area contributed by atoms with Crippen LogP contribution in [0.1, 0.15) is 56.4 Å². The van der Waals surface area contributed by atoms with Crippen LogP contribution in [0.15, 0.2) is 29.1 Å². The van der Waals surface area contributed by atoms with Gasteiger partial charge in [0.15, 0.2) is 12.3 Å². The predicted molar refractivity (Wildman–Crippen MR) is 102 cm³/mol. The van der Waals surface area contributed by atoms with Crippen LogP contribution in [-0.2, 0) is 9.53 Å². The summed E-state index contributed by atoms with van der Waals surface area (Å²) in [6, 6.07) is 6.93. The van der Waals surface area contributed by atoms with Crippen LogP contribution in [0.5, 0.6) is 0 Å². The fraction of sp³-hybridized carbons (Fsp3) is 0.500. The summed E-state index contributed by atoms with van der Waals surface area (Å²) in [7, 11) is 0. The first-order chi connectivity index (χ1) is 13.0. The summed E-state index contributed by atoms with van der Waals surface area (Å²) in [5, 5.41) is 6.89. The summed E-state index contributed by atoms with van der Waals surface area (Å²) >= 11 is 0. The number of esters is 1. The summed E-state index contributed by atoms with van der Waals surface area (Å²) in [6.07, 6.45) is 5.42. The number of hydrogen-bond donors (Lipinski definition) is 1. The van der Waals surface area contributed by atoms with Gasteiger partial charge in [0.05, 0.1) is 5.39 Å². The number of aromatic amines is 1. The topological polar surface area (TPSA) is 92.4 Å². The summed E-state index contributed by atoms with van der Waals surface area (Å²) in [5.74, 6) is -0.915. The number of fused-ring (bicyclic) bond motifs is 1. The molecule has 27 heavy (non-hydrogen) atoms. The van der Waals surface area contributed by atoms with Crippen LogP contribution in [0.25, 0.3) is 10.8 Å². The molecule has 7 nitrogen and oxygen atoms in total. The highest BCUT2D eigenvalue weighted by Crippen LogP contribution is 2.24. The molecule has 1 aliphatic rings. The Bertz CT molecular complexity index is 884. The Morgan fingerprint density at radius 1 is 1.19 bits per heavy atom. The molecule has 0 saturated heterocycles. The Morgan fingerprint density at radius 2 is 1.85 bits per heavy atom. The van der Waals surface area contributed by atoms with Gasteiger partial charge < -0.3 is 9.64 Å². The molecule has 1 fully saturated rings. The minimum absolute atomic E-state index is 0.00626. The summed E-state index contributed by atoms with van der Waals surface area (Å²) < 4.78 is 5.25.